The molecule has 1 aromatic rings. The zero-order valence-corrected chi connectivity index (χ0v) is 11.5. The summed E-state index contributed by atoms with van der Waals surface area (Å²) in [6.45, 7) is 5.46. The van der Waals surface area contributed by atoms with Crippen LogP contribution in [0.25, 0.3) is 0 Å². The maximum absolute atomic E-state index is 11.5. The maximum atomic E-state index is 11.5. The Morgan fingerprint density at radius 2 is 2.12 bits per heavy atom. The first-order chi connectivity index (χ1) is 7.98. The van der Waals surface area contributed by atoms with Crippen molar-refractivity contribution in [2.45, 2.75) is 25.3 Å². The highest BCUT2D eigenvalue weighted by Crippen LogP contribution is 2.21. The van der Waals surface area contributed by atoms with E-state index < -0.39 is 5.54 Å². The van der Waals surface area contributed by atoms with E-state index >= 15 is 0 Å². The molecule has 3 nitrogen and oxygen atoms in total. The predicted octanol–water partition coefficient (Wildman–Crippen LogP) is 3.07. The van der Waals surface area contributed by atoms with Crippen molar-refractivity contribution in [2.24, 2.45) is 5.73 Å². The minimum atomic E-state index is -0.748. The first kappa shape index (κ1) is 13.8. The summed E-state index contributed by atoms with van der Waals surface area (Å²) in [5, 5.41) is 3.17. The summed E-state index contributed by atoms with van der Waals surface area (Å²) in [5.41, 5.74) is 5.57. The van der Waals surface area contributed by atoms with Crippen LogP contribution in [0.3, 0.4) is 0 Å². The van der Waals surface area contributed by atoms with E-state index in [4.69, 9.17) is 5.73 Å². The van der Waals surface area contributed by atoms with Crippen LogP contribution in [0.2, 0.25) is 0 Å². The number of anilines is 1. The van der Waals surface area contributed by atoms with Gasteiger partial charge in [-0.2, -0.15) is 0 Å². The smallest absolute Gasteiger partial charge is 0.242 e. The number of carbonyl (C=O) groups excluding carboxylic acids is 1. The molecule has 0 radical (unpaired) electrons. The van der Waals surface area contributed by atoms with E-state index in [9.17, 15) is 4.79 Å². The van der Waals surface area contributed by atoms with Crippen LogP contribution in [0.4, 0.5) is 5.69 Å². The molecule has 0 bridgehead atoms. The number of hydrogen-bond acceptors (Lipinski definition) is 2. The lowest BCUT2D eigenvalue weighted by molar-refractivity contribution is -0.121. The van der Waals surface area contributed by atoms with Gasteiger partial charge in [-0.05, 0) is 44.0 Å². The molecule has 17 heavy (non-hydrogen) atoms. The van der Waals surface area contributed by atoms with Crippen molar-refractivity contribution < 1.29 is 4.79 Å². The van der Waals surface area contributed by atoms with Gasteiger partial charge < -0.3 is 11.1 Å². The van der Waals surface area contributed by atoms with Gasteiger partial charge in [0.2, 0.25) is 5.91 Å². The van der Waals surface area contributed by atoms with Gasteiger partial charge in [0.05, 0.1) is 0 Å². The van der Waals surface area contributed by atoms with Crippen LogP contribution in [-0.4, -0.2) is 11.4 Å². The van der Waals surface area contributed by atoms with Gasteiger partial charge in [-0.1, -0.05) is 22.0 Å². The van der Waals surface area contributed by atoms with Crippen LogP contribution < -0.4 is 11.1 Å². The predicted molar refractivity (Wildman–Crippen MR) is 74.8 cm³/mol. The number of allylic oxidation sites excluding steroid dienone is 1. The standard InChI is InChI=1S/C13H17BrN2O/c1-3-4-9-13(2,12(15)17)16-11-7-5-10(14)6-8-11/h3,5-8,16H,1,4,9H2,2H3,(H2,15,17). The molecule has 0 aromatic heterocycles. The largest absolute Gasteiger partial charge is 0.371 e. The average Bonchev–Trinajstić information content (AvgIpc) is 2.29. The second-order valence-corrected chi connectivity index (χ2v) is 5.07. The summed E-state index contributed by atoms with van der Waals surface area (Å²) in [4.78, 5) is 11.5. The van der Waals surface area contributed by atoms with Crippen LogP contribution in [0.5, 0.6) is 0 Å². The van der Waals surface area contributed by atoms with Crippen molar-refractivity contribution >= 4 is 27.5 Å². The summed E-state index contributed by atoms with van der Waals surface area (Å²) < 4.78 is 0.995. The molecule has 1 atom stereocenters. The Morgan fingerprint density at radius 3 is 2.59 bits per heavy atom. The molecule has 1 unspecified atom stereocenters. The van der Waals surface area contributed by atoms with E-state index in [0.717, 1.165) is 16.6 Å². The van der Waals surface area contributed by atoms with Crippen LogP contribution in [0.15, 0.2) is 41.4 Å². The summed E-state index contributed by atoms with van der Waals surface area (Å²) >= 11 is 3.36. The first-order valence-electron chi connectivity index (χ1n) is 5.42. The highest BCUT2D eigenvalue weighted by Gasteiger charge is 2.29. The first-order valence-corrected chi connectivity index (χ1v) is 6.22. The molecule has 0 heterocycles. The lowest BCUT2D eigenvalue weighted by atomic mass is 9.94. The average molecular weight is 297 g/mol. The number of rotatable bonds is 6. The van der Waals surface area contributed by atoms with Gasteiger partial charge in [-0.3, -0.25) is 4.79 Å². The van der Waals surface area contributed by atoms with Gasteiger partial charge in [0, 0.05) is 10.2 Å². The topological polar surface area (TPSA) is 55.1 Å². The van der Waals surface area contributed by atoms with E-state index in [0.29, 0.717) is 6.42 Å². The van der Waals surface area contributed by atoms with Gasteiger partial charge in [-0.25, -0.2) is 0 Å². The van der Waals surface area contributed by atoms with E-state index in [-0.39, 0.29) is 5.91 Å². The Bertz CT molecular complexity index is 402. The molecule has 0 spiro atoms. The molecule has 3 N–H and O–H groups in total. The molecular weight excluding hydrogens is 280 g/mol. The lowest BCUT2D eigenvalue weighted by Crippen LogP contribution is -2.47. The number of benzene rings is 1. The fourth-order valence-electron chi connectivity index (χ4n) is 1.49. The van der Waals surface area contributed by atoms with E-state index in [1.165, 1.54) is 0 Å². The van der Waals surface area contributed by atoms with Crippen molar-refractivity contribution in [1.82, 2.24) is 0 Å². The van der Waals surface area contributed by atoms with E-state index in [1.807, 2.05) is 24.3 Å². The minimum absolute atomic E-state index is 0.359. The molecule has 1 amide bonds. The normalized spacial score (nSPS) is 13.8. The Balaban J connectivity index is 2.82. The quantitative estimate of drug-likeness (QED) is 0.793. The lowest BCUT2D eigenvalue weighted by Gasteiger charge is -2.28. The monoisotopic (exact) mass is 296 g/mol. The highest BCUT2D eigenvalue weighted by molar-refractivity contribution is 9.10. The maximum Gasteiger partial charge on any atom is 0.242 e. The SMILES string of the molecule is C=CCCC(C)(Nc1ccc(Br)cc1)C(N)=O. The molecule has 0 aliphatic carbocycles. The molecular formula is C13H17BrN2O. The number of amides is 1. The molecule has 0 aliphatic heterocycles. The van der Waals surface area contributed by atoms with Crippen molar-refractivity contribution in [1.29, 1.82) is 0 Å². The van der Waals surface area contributed by atoms with Crippen LogP contribution in [0.1, 0.15) is 19.8 Å². The number of carbonyl (C=O) groups is 1. The summed E-state index contributed by atoms with van der Waals surface area (Å²) in [7, 11) is 0. The minimum Gasteiger partial charge on any atom is -0.371 e. The summed E-state index contributed by atoms with van der Waals surface area (Å²) in [6.07, 6.45) is 3.15. The van der Waals surface area contributed by atoms with Gasteiger partial charge in [-0.15, -0.1) is 6.58 Å². The zero-order valence-electron chi connectivity index (χ0n) is 9.87. The molecule has 92 valence electrons. The second kappa shape index (κ2) is 5.87. The third kappa shape index (κ3) is 3.89. The van der Waals surface area contributed by atoms with Gasteiger partial charge in [0.25, 0.3) is 0 Å². The molecule has 0 saturated heterocycles. The number of nitrogens with one attached hydrogen (secondary N) is 1. The number of primary amides is 1. The van der Waals surface area contributed by atoms with Crippen molar-refractivity contribution in [3.63, 3.8) is 0 Å². The number of halogens is 1. The van der Waals surface area contributed by atoms with Crippen LogP contribution >= 0.6 is 15.9 Å². The molecule has 1 rings (SSSR count). The van der Waals surface area contributed by atoms with Gasteiger partial charge in [0.15, 0.2) is 0 Å². The molecule has 4 heteroatoms. The Labute approximate surface area is 110 Å². The second-order valence-electron chi connectivity index (χ2n) is 4.16. The third-order valence-electron chi connectivity index (χ3n) is 2.66. The van der Waals surface area contributed by atoms with Crippen LogP contribution in [0, 0.1) is 0 Å². The van der Waals surface area contributed by atoms with Gasteiger partial charge in [0.1, 0.15) is 5.54 Å². The molecule has 0 aliphatic rings. The highest BCUT2D eigenvalue weighted by atomic mass is 79.9. The Kier molecular flexibility index (Phi) is 4.75. The molecule has 0 fully saturated rings. The summed E-state index contributed by atoms with van der Waals surface area (Å²) in [6, 6.07) is 7.63. The number of hydrogen-bond donors (Lipinski definition) is 2. The van der Waals surface area contributed by atoms with Crippen molar-refractivity contribution in [2.75, 3.05) is 5.32 Å². The van der Waals surface area contributed by atoms with E-state index in [1.54, 1.807) is 13.0 Å². The van der Waals surface area contributed by atoms with Gasteiger partial charge >= 0.3 is 0 Å². The Hall–Kier alpha value is -1.29. The zero-order chi connectivity index (χ0) is 12.9. The Morgan fingerprint density at radius 1 is 1.53 bits per heavy atom. The third-order valence-corrected chi connectivity index (χ3v) is 3.19. The number of nitrogens with two attached hydrogens (primary N) is 1. The van der Waals surface area contributed by atoms with Crippen LogP contribution in [-0.2, 0) is 4.79 Å². The van der Waals surface area contributed by atoms with E-state index in [2.05, 4.69) is 27.8 Å². The molecule has 1 aromatic carbocycles. The summed E-state index contributed by atoms with van der Waals surface area (Å²) in [5.74, 6) is -0.359. The molecule has 0 saturated carbocycles. The van der Waals surface area contributed by atoms with Crippen molar-refractivity contribution in [3.8, 4) is 0 Å². The fraction of sp³-hybridized carbons (Fsp3) is 0.308. The fourth-order valence-corrected chi connectivity index (χ4v) is 1.75. The van der Waals surface area contributed by atoms with Crippen molar-refractivity contribution in [3.05, 3.63) is 41.4 Å².